The second-order valence-corrected chi connectivity index (χ2v) is 9.50. The molecule has 0 radical (unpaired) electrons. The van der Waals surface area contributed by atoms with Crippen LogP contribution in [0.25, 0.3) is 0 Å². The number of piperidine rings is 1. The molecule has 5 rings (SSSR count). The molecule has 2 aromatic carbocycles. The van der Waals surface area contributed by atoms with Crippen molar-refractivity contribution in [3.8, 4) is 17.4 Å². The number of ether oxygens (including phenoxy) is 2. The molecule has 1 saturated heterocycles. The second-order valence-electron chi connectivity index (χ2n) is 9.50. The van der Waals surface area contributed by atoms with Gasteiger partial charge in [0.05, 0.1) is 18.4 Å². The molecule has 13 heteroatoms. The van der Waals surface area contributed by atoms with E-state index in [1.54, 1.807) is 31.3 Å². The van der Waals surface area contributed by atoms with Gasteiger partial charge < -0.3 is 30.3 Å². The van der Waals surface area contributed by atoms with E-state index < -0.39 is 17.6 Å². The number of nitrogens with zero attached hydrogens (tertiary/aromatic N) is 3. The van der Waals surface area contributed by atoms with Gasteiger partial charge in [0, 0.05) is 31.4 Å². The minimum Gasteiger partial charge on any atom is -0.495 e. The quantitative estimate of drug-likeness (QED) is 0.398. The lowest BCUT2D eigenvalue weighted by atomic mass is 10.1. The Morgan fingerprint density at radius 1 is 1.15 bits per heavy atom. The highest BCUT2D eigenvalue weighted by atomic mass is 19.4. The Kier molecular flexibility index (Phi) is 7.48. The van der Waals surface area contributed by atoms with Gasteiger partial charge in [-0.15, -0.1) is 0 Å². The lowest BCUT2D eigenvalue weighted by Crippen LogP contribution is -2.42. The van der Waals surface area contributed by atoms with Crippen molar-refractivity contribution in [1.29, 1.82) is 0 Å². The van der Waals surface area contributed by atoms with E-state index in [0.29, 0.717) is 29.6 Å². The number of carbonyl (C=O) groups is 2. The summed E-state index contributed by atoms with van der Waals surface area (Å²) in [6, 6.07) is 9.44. The lowest BCUT2D eigenvalue weighted by molar-refractivity contribution is -0.139. The number of alkyl halides is 3. The monoisotopic (exact) mass is 556 g/mol. The maximum atomic E-state index is 13.8. The normalized spacial score (nSPS) is 15.5. The molecule has 0 aliphatic carbocycles. The summed E-state index contributed by atoms with van der Waals surface area (Å²) in [5, 5.41) is 9.08. The number of amides is 2. The van der Waals surface area contributed by atoms with Crippen LogP contribution in [0.4, 0.5) is 24.8 Å². The van der Waals surface area contributed by atoms with E-state index in [0.717, 1.165) is 25.9 Å². The number of hydrogen-bond acceptors (Lipinski definition) is 8. The van der Waals surface area contributed by atoms with E-state index in [9.17, 15) is 22.8 Å². The summed E-state index contributed by atoms with van der Waals surface area (Å²) in [6.45, 7) is 1.98. The van der Waals surface area contributed by atoms with Gasteiger partial charge in [-0.2, -0.15) is 18.2 Å². The van der Waals surface area contributed by atoms with Crippen LogP contribution >= 0.6 is 0 Å². The third-order valence-electron chi connectivity index (χ3n) is 6.73. The largest absolute Gasteiger partial charge is 0.495 e. The first-order valence-electron chi connectivity index (χ1n) is 12.6. The van der Waals surface area contributed by atoms with Crippen LogP contribution in [0.15, 0.2) is 42.6 Å². The van der Waals surface area contributed by atoms with Crippen molar-refractivity contribution >= 4 is 23.5 Å². The van der Waals surface area contributed by atoms with Gasteiger partial charge in [-0.3, -0.25) is 9.59 Å². The maximum absolute atomic E-state index is 13.8. The topological polar surface area (TPSA) is 118 Å². The van der Waals surface area contributed by atoms with Crippen LogP contribution < -0.4 is 25.4 Å². The Morgan fingerprint density at radius 2 is 1.93 bits per heavy atom. The first-order chi connectivity index (χ1) is 19.1. The van der Waals surface area contributed by atoms with Gasteiger partial charge in [0.1, 0.15) is 17.1 Å². The molecule has 3 heterocycles. The fourth-order valence-corrected chi connectivity index (χ4v) is 4.65. The number of fused-ring (bicyclic) bond motifs is 1. The van der Waals surface area contributed by atoms with Crippen LogP contribution in [0.1, 0.15) is 44.7 Å². The van der Waals surface area contributed by atoms with Gasteiger partial charge in [0.25, 0.3) is 11.8 Å². The molecule has 0 bridgehead atoms. The first kappa shape index (κ1) is 27.2. The predicted octanol–water partition coefficient (Wildman–Crippen LogP) is 4.11. The highest BCUT2D eigenvalue weighted by Crippen LogP contribution is 2.40. The lowest BCUT2D eigenvalue weighted by Gasteiger charge is -2.23. The number of benzene rings is 2. The fraction of sp³-hybridized carbons (Fsp3) is 0.333. The van der Waals surface area contributed by atoms with Crippen molar-refractivity contribution in [3.63, 3.8) is 0 Å². The number of rotatable bonds is 7. The molecule has 0 saturated carbocycles. The molecular weight excluding hydrogens is 529 g/mol. The Bertz CT molecular complexity index is 1440. The summed E-state index contributed by atoms with van der Waals surface area (Å²) in [5.41, 5.74) is 0.312. The summed E-state index contributed by atoms with van der Waals surface area (Å²) in [5.74, 6) is -1.36. The van der Waals surface area contributed by atoms with Crippen molar-refractivity contribution in [2.45, 2.75) is 31.6 Å². The van der Waals surface area contributed by atoms with E-state index in [2.05, 4.69) is 25.9 Å². The highest BCUT2D eigenvalue weighted by molar-refractivity contribution is 6.01. The van der Waals surface area contributed by atoms with E-state index in [-0.39, 0.29) is 40.9 Å². The molecule has 0 spiro atoms. The molecule has 0 atom stereocenters. The fourth-order valence-electron chi connectivity index (χ4n) is 4.65. The number of halogens is 3. The van der Waals surface area contributed by atoms with Crippen molar-refractivity contribution in [1.82, 2.24) is 25.5 Å². The zero-order chi connectivity index (χ0) is 28.4. The Balaban J connectivity index is 1.41. The van der Waals surface area contributed by atoms with Gasteiger partial charge in [-0.25, -0.2) is 4.98 Å². The molecule has 1 aromatic heterocycles. The van der Waals surface area contributed by atoms with Crippen molar-refractivity contribution in [3.05, 3.63) is 64.8 Å². The van der Waals surface area contributed by atoms with Gasteiger partial charge in [-0.1, -0.05) is 12.1 Å². The van der Waals surface area contributed by atoms with Crippen molar-refractivity contribution in [2.75, 3.05) is 32.6 Å². The summed E-state index contributed by atoms with van der Waals surface area (Å²) in [4.78, 5) is 34.6. The predicted molar refractivity (Wildman–Crippen MR) is 139 cm³/mol. The van der Waals surface area contributed by atoms with Crippen LogP contribution in [-0.4, -0.2) is 60.0 Å². The Labute approximate surface area is 227 Å². The average Bonchev–Trinajstić information content (AvgIpc) is 3.22. The smallest absolute Gasteiger partial charge is 0.423 e. The number of hydrogen-bond donors (Lipinski definition) is 3. The van der Waals surface area contributed by atoms with E-state index in [4.69, 9.17) is 9.47 Å². The highest BCUT2D eigenvalue weighted by Gasteiger charge is 2.37. The van der Waals surface area contributed by atoms with E-state index in [1.807, 2.05) is 0 Å². The molecule has 10 nitrogen and oxygen atoms in total. The van der Waals surface area contributed by atoms with Crippen LogP contribution in [-0.2, 0) is 12.7 Å². The molecule has 3 aromatic rings. The molecular formula is C27H27F3N6O4. The number of carbonyl (C=O) groups excluding carboxylic acids is 2. The maximum Gasteiger partial charge on any atom is 0.423 e. The SMILES string of the molecule is COc1cc(C(=O)NC2CCNCC2)ccc1Nc1ncc(C(F)(F)F)c(Oc2cccc3c2C(=O)N(C)C3)n1. The third kappa shape index (κ3) is 5.64. The number of nitrogens with one attached hydrogen (secondary N) is 3. The molecule has 1 fully saturated rings. The van der Waals surface area contributed by atoms with Crippen LogP contribution in [0.2, 0.25) is 0 Å². The summed E-state index contributed by atoms with van der Waals surface area (Å²) < 4.78 is 52.5. The molecule has 3 N–H and O–H groups in total. The van der Waals surface area contributed by atoms with Crippen LogP contribution in [0.5, 0.6) is 17.4 Å². The van der Waals surface area contributed by atoms with Gasteiger partial charge in [0.2, 0.25) is 11.8 Å². The molecule has 0 unspecified atom stereocenters. The summed E-state index contributed by atoms with van der Waals surface area (Å²) >= 11 is 0. The molecule has 40 heavy (non-hydrogen) atoms. The molecule has 210 valence electrons. The first-order valence-corrected chi connectivity index (χ1v) is 12.6. The van der Waals surface area contributed by atoms with Crippen LogP contribution in [0.3, 0.4) is 0 Å². The molecule has 2 amide bonds. The van der Waals surface area contributed by atoms with Gasteiger partial charge >= 0.3 is 6.18 Å². The van der Waals surface area contributed by atoms with Gasteiger partial charge in [0.15, 0.2) is 0 Å². The molecule has 2 aliphatic rings. The van der Waals surface area contributed by atoms with Crippen LogP contribution in [0, 0.1) is 0 Å². The number of anilines is 2. The third-order valence-corrected chi connectivity index (χ3v) is 6.73. The molecule has 2 aliphatic heterocycles. The minimum absolute atomic E-state index is 0.0382. The Morgan fingerprint density at radius 3 is 2.65 bits per heavy atom. The Hall–Kier alpha value is -4.39. The average molecular weight is 557 g/mol. The van der Waals surface area contributed by atoms with Crippen molar-refractivity contribution in [2.24, 2.45) is 0 Å². The number of aromatic nitrogens is 2. The minimum atomic E-state index is -4.81. The summed E-state index contributed by atoms with van der Waals surface area (Å²) in [6.07, 6.45) is -2.55. The second kappa shape index (κ2) is 11.0. The van der Waals surface area contributed by atoms with E-state index >= 15 is 0 Å². The zero-order valence-corrected chi connectivity index (χ0v) is 21.8. The van der Waals surface area contributed by atoms with Crippen molar-refractivity contribution < 1.29 is 32.2 Å². The number of methoxy groups -OCH3 is 1. The van der Waals surface area contributed by atoms with Gasteiger partial charge in [-0.05, 0) is 55.8 Å². The summed E-state index contributed by atoms with van der Waals surface area (Å²) in [7, 11) is 3.00. The zero-order valence-electron chi connectivity index (χ0n) is 21.8. The standard InChI is InChI=1S/C27H27F3N6O4/c1-36-14-16-4-3-5-20(22(16)25(36)38)40-24-18(27(28,29)30)13-32-26(35-24)34-19-7-6-15(12-21(19)39-2)23(37)33-17-8-10-31-11-9-17/h3-7,12-13,17,31H,8-11,14H2,1-2H3,(H,33,37)(H,32,34,35). The van der Waals surface area contributed by atoms with E-state index in [1.165, 1.54) is 24.1 Å².